The molecule has 1 amide bonds. The van der Waals surface area contributed by atoms with E-state index < -0.39 is 15.8 Å². The molecule has 1 aliphatic heterocycles. The second kappa shape index (κ2) is 9.87. The van der Waals surface area contributed by atoms with E-state index in [4.69, 9.17) is 16.3 Å². The molecular formula is C21H24ClFN2O4S. The molecule has 0 aliphatic carbocycles. The first-order valence-corrected chi connectivity index (χ1v) is 11.5. The summed E-state index contributed by atoms with van der Waals surface area (Å²) in [6.45, 7) is 1.55. The second-order valence-corrected chi connectivity index (χ2v) is 9.48. The van der Waals surface area contributed by atoms with Gasteiger partial charge < -0.3 is 10.1 Å². The Bertz CT molecular complexity index is 977. The van der Waals surface area contributed by atoms with E-state index in [1.807, 2.05) is 24.3 Å². The number of carbonyl (C=O) groups is 1. The molecule has 9 heteroatoms. The average molecular weight is 455 g/mol. The van der Waals surface area contributed by atoms with Gasteiger partial charge in [0.25, 0.3) is 0 Å². The summed E-state index contributed by atoms with van der Waals surface area (Å²) >= 11 is 6.15. The lowest BCUT2D eigenvalue weighted by atomic mass is 9.74. The highest BCUT2D eigenvalue weighted by Crippen LogP contribution is 2.35. The minimum atomic E-state index is -3.80. The maximum absolute atomic E-state index is 13.0. The van der Waals surface area contributed by atoms with E-state index in [2.05, 4.69) is 10.0 Å². The van der Waals surface area contributed by atoms with Gasteiger partial charge in [-0.3, -0.25) is 4.79 Å². The van der Waals surface area contributed by atoms with Crippen molar-refractivity contribution in [3.63, 3.8) is 0 Å². The predicted molar refractivity (Wildman–Crippen MR) is 112 cm³/mol. The number of halogens is 2. The van der Waals surface area contributed by atoms with Crippen molar-refractivity contribution in [1.82, 2.24) is 10.0 Å². The van der Waals surface area contributed by atoms with E-state index in [-0.39, 0.29) is 29.2 Å². The first kappa shape index (κ1) is 22.7. The van der Waals surface area contributed by atoms with Crippen molar-refractivity contribution in [3.05, 3.63) is 64.9 Å². The molecule has 1 aliphatic rings. The Morgan fingerprint density at radius 3 is 2.50 bits per heavy atom. The van der Waals surface area contributed by atoms with Crippen LogP contribution in [0, 0.1) is 5.82 Å². The van der Waals surface area contributed by atoms with E-state index in [1.54, 1.807) is 0 Å². The first-order valence-electron chi connectivity index (χ1n) is 9.67. The Kier molecular flexibility index (Phi) is 7.46. The van der Waals surface area contributed by atoms with Gasteiger partial charge in [-0.2, -0.15) is 0 Å². The lowest BCUT2D eigenvalue weighted by molar-refractivity contribution is -0.121. The maximum atomic E-state index is 13.0. The van der Waals surface area contributed by atoms with Crippen LogP contribution in [0.15, 0.2) is 53.4 Å². The molecule has 0 unspecified atom stereocenters. The fraction of sp³-hybridized carbons (Fsp3) is 0.381. The highest BCUT2D eigenvalue weighted by molar-refractivity contribution is 7.89. The zero-order chi connectivity index (χ0) is 21.6. The number of carbonyl (C=O) groups excluding carboxylic acids is 1. The van der Waals surface area contributed by atoms with E-state index in [0.29, 0.717) is 24.8 Å². The van der Waals surface area contributed by atoms with Gasteiger partial charge in [-0.1, -0.05) is 23.7 Å². The van der Waals surface area contributed by atoms with E-state index in [1.165, 1.54) is 12.1 Å². The lowest BCUT2D eigenvalue weighted by Crippen LogP contribution is -2.45. The predicted octanol–water partition coefficient (Wildman–Crippen LogP) is 3.01. The van der Waals surface area contributed by atoms with Crippen LogP contribution in [0.3, 0.4) is 0 Å². The zero-order valence-corrected chi connectivity index (χ0v) is 17.9. The Balaban J connectivity index is 1.55. The third-order valence-corrected chi connectivity index (χ3v) is 6.99. The monoisotopic (exact) mass is 454 g/mol. The summed E-state index contributed by atoms with van der Waals surface area (Å²) in [7, 11) is -3.80. The summed E-state index contributed by atoms with van der Waals surface area (Å²) in [5.41, 5.74) is 0.780. The van der Waals surface area contributed by atoms with Gasteiger partial charge in [0.1, 0.15) is 5.82 Å². The van der Waals surface area contributed by atoms with Gasteiger partial charge in [-0.05, 0) is 54.8 Å². The highest BCUT2D eigenvalue weighted by Gasteiger charge is 2.35. The number of amides is 1. The molecule has 0 radical (unpaired) electrons. The first-order chi connectivity index (χ1) is 14.3. The minimum Gasteiger partial charge on any atom is -0.381 e. The van der Waals surface area contributed by atoms with Gasteiger partial charge >= 0.3 is 0 Å². The summed E-state index contributed by atoms with van der Waals surface area (Å²) in [6, 6.07) is 12.1. The van der Waals surface area contributed by atoms with Crippen molar-refractivity contribution < 1.29 is 22.3 Å². The van der Waals surface area contributed by atoms with Crippen molar-refractivity contribution in [2.24, 2.45) is 0 Å². The van der Waals surface area contributed by atoms with E-state index in [9.17, 15) is 17.6 Å². The fourth-order valence-electron chi connectivity index (χ4n) is 3.50. The molecule has 2 N–H and O–H groups in total. The van der Waals surface area contributed by atoms with Crippen molar-refractivity contribution in [2.45, 2.75) is 29.6 Å². The largest absolute Gasteiger partial charge is 0.381 e. The molecule has 2 aromatic rings. The van der Waals surface area contributed by atoms with Gasteiger partial charge in [-0.15, -0.1) is 0 Å². The SMILES string of the molecule is O=C(CCNS(=O)(=O)c1ccc(F)cc1)NCC1(c2cccc(Cl)c2)CCOCC1. The van der Waals surface area contributed by atoms with Crippen LogP contribution in [-0.4, -0.2) is 40.6 Å². The Morgan fingerprint density at radius 1 is 1.13 bits per heavy atom. The van der Waals surface area contributed by atoms with Crippen LogP contribution in [0.2, 0.25) is 5.02 Å². The van der Waals surface area contributed by atoms with Crippen LogP contribution in [0.1, 0.15) is 24.8 Å². The fourth-order valence-corrected chi connectivity index (χ4v) is 4.72. The number of hydrogen-bond acceptors (Lipinski definition) is 4. The molecule has 30 heavy (non-hydrogen) atoms. The highest BCUT2D eigenvalue weighted by atomic mass is 35.5. The van der Waals surface area contributed by atoms with Crippen LogP contribution >= 0.6 is 11.6 Å². The molecule has 0 saturated carbocycles. The number of benzene rings is 2. The minimum absolute atomic E-state index is 0.0114. The number of ether oxygens (including phenoxy) is 1. The molecule has 0 aromatic heterocycles. The van der Waals surface area contributed by atoms with Crippen LogP contribution in [0.25, 0.3) is 0 Å². The van der Waals surface area contributed by atoms with Crippen molar-refractivity contribution in [2.75, 3.05) is 26.3 Å². The third-order valence-electron chi connectivity index (χ3n) is 5.28. The molecule has 6 nitrogen and oxygen atoms in total. The molecule has 1 heterocycles. The molecular weight excluding hydrogens is 431 g/mol. The maximum Gasteiger partial charge on any atom is 0.240 e. The number of nitrogens with one attached hydrogen (secondary N) is 2. The third kappa shape index (κ3) is 5.78. The molecule has 0 bridgehead atoms. The Labute approximate surface area is 180 Å². The van der Waals surface area contributed by atoms with E-state index in [0.717, 1.165) is 30.5 Å². The average Bonchev–Trinajstić information content (AvgIpc) is 2.73. The second-order valence-electron chi connectivity index (χ2n) is 7.28. The smallest absolute Gasteiger partial charge is 0.240 e. The van der Waals surface area contributed by atoms with Crippen LogP contribution < -0.4 is 10.0 Å². The van der Waals surface area contributed by atoms with Gasteiger partial charge in [0, 0.05) is 43.2 Å². The van der Waals surface area contributed by atoms with Crippen molar-refractivity contribution >= 4 is 27.5 Å². The zero-order valence-electron chi connectivity index (χ0n) is 16.4. The number of hydrogen-bond donors (Lipinski definition) is 2. The van der Waals surface area contributed by atoms with Crippen LogP contribution in [0.5, 0.6) is 0 Å². The van der Waals surface area contributed by atoms with Gasteiger partial charge in [0.2, 0.25) is 15.9 Å². The summed E-state index contributed by atoms with van der Waals surface area (Å²) in [6.07, 6.45) is 1.50. The quantitative estimate of drug-likeness (QED) is 0.642. The van der Waals surface area contributed by atoms with Gasteiger partial charge in [-0.25, -0.2) is 17.5 Å². The van der Waals surface area contributed by atoms with Gasteiger partial charge in [0.05, 0.1) is 4.90 Å². The molecule has 1 fully saturated rings. The van der Waals surface area contributed by atoms with Crippen molar-refractivity contribution in [3.8, 4) is 0 Å². The lowest BCUT2D eigenvalue weighted by Gasteiger charge is -2.38. The summed E-state index contributed by atoms with van der Waals surface area (Å²) in [4.78, 5) is 12.3. The molecule has 0 spiro atoms. The topological polar surface area (TPSA) is 84.5 Å². The Morgan fingerprint density at radius 2 is 1.83 bits per heavy atom. The number of rotatable bonds is 8. The molecule has 162 valence electrons. The summed E-state index contributed by atoms with van der Waals surface area (Å²) < 4.78 is 45.2. The molecule has 1 saturated heterocycles. The standard InChI is InChI=1S/C21H24ClFN2O4S/c22-17-3-1-2-16(14-17)21(9-12-29-13-10-21)15-24-20(26)8-11-25-30(27,28)19-6-4-18(23)5-7-19/h1-7,14,25H,8-13,15H2,(H,24,26). The normalized spacial score (nSPS) is 16.2. The van der Waals surface area contributed by atoms with Crippen molar-refractivity contribution in [1.29, 1.82) is 0 Å². The Hall–Kier alpha value is -2.00. The summed E-state index contributed by atoms with van der Waals surface area (Å²) in [5, 5.41) is 3.56. The summed E-state index contributed by atoms with van der Waals surface area (Å²) in [5.74, 6) is -0.778. The molecule has 2 aromatic carbocycles. The van der Waals surface area contributed by atoms with Crippen LogP contribution in [0.4, 0.5) is 4.39 Å². The molecule has 3 rings (SSSR count). The van der Waals surface area contributed by atoms with E-state index >= 15 is 0 Å². The van der Waals surface area contributed by atoms with Crippen LogP contribution in [-0.2, 0) is 25.0 Å². The molecule has 0 atom stereocenters. The number of sulfonamides is 1. The van der Waals surface area contributed by atoms with Gasteiger partial charge in [0.15, 0.2) is 0 Å².